The molecular weight excluding hydrogens is 486 g/mol. The zero-order valence-corrected chi connectivity index (χ0v) is 20.8. The van der Waals surface area contributed by atoms with Crippen LogP contribution in [0.2, 0.25) is 0 Å². The maximum atomic E-state index is 15.0. The molecule has 0 radical (unpaired) electrons. The van der Waals surface area contributed by atoms with E-state index >= 15 is 0 Å². The lowest BCUT2D eigenvalue weighted by Crippen LogP contribution is -2.20. The number of hydrogen-bond acceptors (Lipinski definition) is 6. The van der Waals surface area contributed by atoms with E-state index < -0.39 is 5.82 Å². The molecule has 4 heterocycles. The van der Waals surface area contributed by atoms with Gasteiger partial charge in [-0.25, -0.2) is 18.7 Å². The molecule has 3 N–H and O–H groups in total. The van der Waals surface area contributed by atoms with E-state index in [0.29, 0.717) is 51.4 Å². The van der Waals surface area contributed by atoms with Gasteiger partial charge in [0.2, 0.25) is 0 Å². The van der Waals surface area contributed by atoms with Crippen molar-refractivity contribution in [1.82, 2.24) is 35.0 Å². The number of anilines is 1. The van der Waals surface area contributed by atoms with E-state index in [4.69, 9.17) is 0 Å². The number of rotatable bonds is 7. The fourth-order valence-electron chi connectivity index (χ4n) is 4.50. The van der Waals surface area contributed by atoms with Gasteiger partial charge in [-0.05, 0) is 67.7 Å². The van der Waals surface area contributed by atoms with Crippen molar-refractivity contribution < 1.29 is 8.78 Å². The Hall–Kier alpha value is -4.70. The Kier molecular flexibility index (Phi) is 6.01. The van der Waals surface area contributed by atoms with E-state index in [9.17, 15) is 8.78 Å². The quantitative estimate of drug-likeness (QED) is 0.263. The average Bonchev–Trinajstić information content (AvgIpc) is 3.53. The predicted molar refractivity (Wildman–Crippen MR) is 145 cm³/mol. The van der Waals surface area contributed by atoms with Crippen molar-refractivity contribution in [2.75, 3.05) is 32.5 Å². The summed E-state index contributed by atoms with van der Waals surface area (Å²) >= 11 is 0. The minimum atomic E-state index is -0.451. The molecule has 8 nitrogen and oxygen atoms in total. The van der Waals surface area contributed by atoms with Gasteiger partial charge < -0.3 is 15.2 Å². The van der Waals surface area contributed by atoms with Crippen LogP contribution in [0.1, 0.15) is 0 Å². The van der Waals surface area contributed by atoms with Crippen LogP contribution in [0.3, 0.4) is 0 Å². The number of likely N-dealkylation sites (N-methyl/N-ethyl adjacent to an activating group) is 1. The van der Waals surface area contributed by atoms with Gasteiger partial charge in [-0.3, -0.25) is 10.1 Å². The number of hydrogen-bond donors (Lipinski definition) is 3. The second kappa shape index (κ2) is 9.64. The molecule has 38 heavy (non-hydrogen) atoms. The molecule has 2 aromatic carbocycles. The number of benzene rings is 2. The topological polar surface area (TPSA) is 98.4 Å². The predicted octanol–water partition coefficient (Wildman–Crippen LogP) is 5.48. The van der Waals surface area contributed by atoms with Gasteiger partial charge in [-0.1, -0.05) is 6.07 Å². The third-order valence-corrected chi connectivity index (χ3v) is 6.33. The Morgan fingerprint density at radius 2 is 1.87 bits per heavy atom. The van der Waals surface area contributed by atoms with Crippen LogP contribution in [0, 0.1) is 11.6 Å². The fourth-order valence-corrected chi connectivity index (χ4v) is 4.50. The number of aromatic nitrogens is 6. The Labute approximate surface area is 216 Å². The smallest absolute Gasteiger partial charge is 0.178 e. The lowest BCUT2D eigenvalue weighted by atomic mass is 10.0. The summed E-state index contributed by atoms with van der Waals surface area (Å²) < 4.78 is 29.5. The monoisotopic (exact) mass is 510 g/mol. The van der Waals surface area contributed by atoms with Crippen LogP contribution in [-0.4, -0.2) is 62.2 Å². The molecular formula is C28H24F2N8. The van der Waals surface area contributed by atoms with E-state index in [-0.39, 0.29) is 11.3 Å². The molecule has 0 spiro atoms. The summed E-state index contributed by atoms with van der Waals surface area (Å²) in [5.41, 5.74) is 5.40. The molecule has 0 aliphatic rings. The second-order valence-electron chi connectivity index (χ2n) is 9.30. The normalized spacial score (nSPS) is 11.6. The highest BCUT2D eigenvalue weighted by atomic mass is 19.1. The molecule has 0 aliphatic heterocycles. The Balaban J connectivity index is 1.43. The van der Waals surface area contributed by atoms with Crippen molar-refractivity contribution in [2.24, 2.45) is 0 Å². The maximum absolute atomic E-state index is 15.0. The summed E-state index contributed by atoms with van der Waals surface area (Å²) in [6, 6.07) is 13.6. The summed E-state index contributed by atoms with van der Waals surface area (Å²) in [6.45, 7) is 1.50. The number of aromatic amines is 2. The Bertz CT molecular complexity index is 1760. The molecule has 0 unspecified atom stereocenters. The van der Waals surface area contributed by atoms with Crippen molar-refractivity contribution >= 4 is 27.8 Å². The summed E-state index contributed by atoms with van der Waals surface area (Å²) in [4.78, 5) is 18.5. The van der Waals surface area contributed by atoms with Gasteiger partial charge in [0.15, 0.2) is 17.3 Å². The van der Waals surface area contributed by atoms with Gasteiger partial charge in [-0.15, -0.1) is 0 Å². The molecule has 0 bridgehead atoms. The first kappa shape index (κ1) is 23.7. The first-order chi connectivity index (χ1) is 18.5. The first-order valence-corrected chi connectivity index (χ1v) is 12.1. The molecule has 0 saturated carbocycles. The fraction of sp³-hybridized carbons (Fsp3) is 0.143. The van der Waals surface area contributed by atoms with Crippen LogP contribution in [-0.2, 0) is 0 Å². The van der Waals surface area contributed by atoms with Gasteiger partial charge in [0, 0.05) is 53.9 Å². The number of halogens is 2. The van der Waals surface area contributed by atoms with Crippen LogP contribution < -0.4 is 5.32 Å². The molecule has 6 aromatic rings. The van der Waals surface area contributed by atoms with Gasteiger partial charge in [0.1, 0.15) is 17.0 Å². The SMILES string of the molecule is CN(C)CCNc1cc(F)cc(-c2ccnc3nc(-c4[nH]nc5c(F)cc(-c6cccnc6)cc45)[nH]c23)c1. The highest BCUT2D eigenvalue weighted by molar-refractivity contribution is 5.97. The van der Waals surface area contributed by atoms with Crippen molar-refractivity contribution in [3.8, 4) is 33.8 Å². The summed E-state index contributed by atoms with van der Waals surface area (Å²) in [5.74, 6) is -0.351. The first-order valence-electron chi connectivity index (χ1n) is 12.1. The van der Waals surface area contributed by atoms with E-state index in [2.05, 4.69) is 40.3 Å². The van der Waals surface area contributed by atoms with E-state index in [0.717, 1.165) is 17.7 Å². The van der Waals surface area contributed by atoms with Crippen LogP contribution in [0.5, 0.6) is 0 Å². The van der Waals surface area contributed by atoms with Crippen LogP contribution >= 0.6 is 0 Å². The van der Waals surface area contributed by atoms with Crippen LogP contribution in [0.4, 0.5) is 14.5 Å². The number of pyridine rings is 2. The second-order valence-corrected chi connectivity index (χ2v) is 9.30. The molecule has 0 amide bonds. The minimum absolute atomic E-state index is 0.208. The lowest BCUT2D eigenvalue weighted by Gasteiger charge is -2.13. The number of nitrogens with one attached hydrogen (secondary N) is 3. The number of H-pyrrole nitrogens is 2. The van der Waals surface area contributed by atoms with E-state index in [1.807, 2.05) is 38.4 Å². The summed E-state index contributed by atoms with van der Waals surface area (Å²) in [6.07, 6.45) is 4.99. The number of nitrogens with zero attached hydrogens (tertiary/aromatic N) is 5. The van der Waals surface area contributed by atoms with Crippen LogP contribution in [0.25, 0.3) is 55.8 Å². The molecule has 0 atom stereocenters. The highest BCUT2D eigenvalue weighted by Crippen LogP contribution is 2.34. The van der Waals surface area contributed by atoms with Crippen molar-refractivity contribution in [2.45, 2.75) is 0 Å². The van der Waals surface area contributed by atoms with Gasteiger partial charge in [0.05, 0.1) is 5.52 Å². The van der Waals surface area contributed by atoms with Crippen molar-refractivity contribution in [1.29, 1.82) is 0 Å². The number of fused-ring (bicyclic) bond motifs is 2. The average molecular weight is 511 g/mol. The van der Waals surface area contributed by atoms with Gasteiger partial charge >= 0.3 is 0 Å². The van der Waals surface area contributed by atoms with Crippen molar-refractivity contribution in [3.05, 3.63) is 78.8 Å². The summed E-state index contributed by atoms with van der Waals surface area (Å²) in [7, 11) is 3.97. The molecule has 4 aromatic heterocycles. The van der Waals surface area contributed by atoms with E-state index in [1.54, 1.807) is 24.7 Å². The molecule has 10 heteroatoms. The molecule has 190 valence electrons. The molecule has 0 aliphatic carbocycles. The third kappa shape index (κ3) is 4.46. The van der Waals surface area contributed by atoms with Crippen molar-refractivity contribution in [3.63, 3.8) is 0 Å². The third-order valence-electron chi connectivity index (χ3n) is 6.33. The number of imidazole rings is 1. The highest BCUT2D eigenvalue weighted by Gasteiger charge is 2.18. The molecule has 0 saturated heterocycles. The van der Waals surface area contributed by atoms with Gasteiger partial charge in [0.25, 0.3) is 0 Å². The standard InChI is InChI=1S/C28H24F2N8/c1-38(2)9-8-32-20-11-18(10-19(29)14-20)21-5-7-33-27-25(21)34-28(35-27)26-22-12-17(16-4-3-6-31-15-16)13-23(30)24(22)36-37-26/h3-7,10-15,32H,8-9H2,1-2H3,(H,36,37)(H,33,34,35). The zero-order valence-electron chi connectivity index (χ0n) is 20.8. The summed E-state index contributed by atoms with van der Waals surface area (Å²) in [5, 5.41) is 10.9. The molecule has 0 fully saturated rings. The van der Waals surface area contributed by atoms with E-state index in [1.165, 1.54) is 18.2 Å². The maximum Gasteiger partial charge on any atom is 0.178 e. The Morgan fingerprint density at radius 1 is 0.974 bits per heavy atom. The Morgan fingerprint density at radius 3 is 2.68 bits per heavy atom. The van der Waals surface area contributed by atoms with Gasteiger partial charge in [-0.2, -0.15) is 5.10 Å². The molecule has 6 rings (SSSR count). The largest absolute Gasteiger partial charge is 0.384 e. The minimum Gasteiger partial charge on any atom is -0.384 e. The lowest BCUT2D eigenvalue weighted by molar-refractivity contribution is 0.425. The zero-order chi connectivity index (χ0) is 26.2. The van der Waals surface area contributed by atoms with Crippen LogP contribution in [0.15, 0.2) is 67.1 Å².